The Morgan fingerprint density at radius 3 is 2.78 bits per heavy atom. The molecule has 0 bridgehead atoms. The van der Waals surface area contributed by atoms with Crippen LogP contribution in [0.2, 0.25) is 0 Å². The predicted octanol–water partition coefficient (Wildman–Crippen LogP) is 1.63. The van der Waals surface area contributed by atoms with Gasteiger partial charge >= 0.3 is 0 Å². The van der Waals surface area contributed by atoms with Crippen molar-refractivity contribution in [2.24, 2.45) is 0 Å². The third-order valence-corrected chi connectivity index (χ3v) is 2.22. The monoisotopic (exact) mass is 258 g/mol. The summed E-state index contributed by atoms with van der Waals surface area (Å²) in [5, 5.41) is 8.28. The lowest BCUT2D eigenvalue weighted by Crippen LogP contribution is -1.99. The summed E-state index contributed by atoms with van der Waals surface area (Å²) >= 11 is 6.33. The molecule has 0 aliphatic heterocycles. The summed E-state index contributed by atoms with van der Waals surface area (Å²) < 4.78 is 5.87. The number of hydrogen-bond acceptors (Lipinski definition) is 2. The van der Waals surface area contributed by atoms with Gasteiger partial charge in [-0.2, -0.15) is 0 Å². The highest BCUT2D eigenvalue weighted by Crippen LogP contribution is 2.06. The van der Waals surface area contributed by atoms with Crippen molar-refractivity contribution in [3.63, 3.8) is 0 Å². The number of aliphatic hydroxyl groups excluding tert-OH is 1. The van der Waals surface area contributed by atoms with Crippen LogP contribution in [0.4, 0.5) is 0 Å². The Labute approximate surface area is 71.2 Å². The van der Waals surface area contributed by atoms with Crippen molar-refractivity contribution < 1.29 is 9.84 Å². The molecular formula is C5H8Br2O2. The first kappa shape index (κ1) is 9.62. The van der Waals surface area contributed by atoms with E-state index in [0.29, 0.717) is 13.2 Å². The van der Waals surface area contributed by atoms with E-state index in [1.165, 1.54) is 0 Å². The van der Waals surface area contributed by atoms with Crippen LogP contribution in [0.3, 0.4) is 0 Å². The largest absolute Gasteiger partial charge is 0.394 e. The molecule has 0 spiro atoms. The standard InChI is InChI=1S/C5H8Br2O2/c6-3-5(7)4-9-2-1-8/h3,8H,1-2,4H2. The van der Waals surface area contributed by atoms with Crippen LogP contribution in [0.5, 0.6) is 0 Å². The molecule has 0 amide bonds. The highest BCUT2D eigenvalue weighted by Gasteiger charge is 1.88. The van der Waals surface area contributed by atoms with Crippen molar-refractivity contribution in [2.75, 3.05) is 19.8 Å². The smallest absolute Gasteiger partial charge is 0.0788 e. The van der Waals surface area contributed by atoms with Crippen LogP contribution in [-0.4, -0.2) is 24.9 Å². The van der Waals surface area contributed by atoms with E-state index >= 15 is 0 Å². The molecule has 0 aliphatic rings. The van der Waals surface area contributed by atoms with Crippen molar-refractivity contribution in [3.8, 4) is 0 Å². The minimum absolute atomic E-state index is 0.0720. The van der Waals surface area contributed by atoms with Gasteiger partial charge in [-0.15, -0.1) is 0 Å². The highest BCUT2D eigenvalue weighted by atomic mass is 79.9. The maximum absolute atomic E-state index is 8.28. The Hall–Kier alpha value is 0.620. The van der Waals surface area contributed by atoms with Crippen LogP contribution < -0.4 is 0 Å². The number of aliphatic hydroxyl groups is 1. The summed E-state index contributed by atoms with van der Waals surface area (Å²) in [7, 11) is 0. The van der Waals surface area contributed by atoms with Crippen molar-refractivity contribution >= 4 is 31.9 Å². The van der Waals surface area contributed by atoms with E-state index in [2.05, 4.69) is 31.9 Å². The maximum Gasteiger partial charge on any atom is 0.0788 e. The van der Waals surface area contributed by atoms with Crippen LogP contribution in [0.15, 0.2) is 9.47 Å². The molecule has 0 aromatic rings. The van der Waals surface area contributed by atoms with Crippen LogP contribution in [0.25, 0.3) is 0 Å². The zero-order chi connectivity index (χ0) is 7.11. The summed E-state index contributed by atoms with van der Waals surface area (Å²) in [6, 6.07) is 0. The number of hydrogen-bond donors (Lipinski definition) is 1. The van der Waals surface area contributed by atoms with E-state index in [1.54, 1.807) is 4.99 Å². The lowest BCUT2D eigenvalue weighted by molar-refractivity contribution is 0.111. The van der Waals surface area contributed by atoms with Gasteiger partial charge in [0.2, 0.25) is 0 Å². The van der Waals surface area contributed by atoms with Crippen molar-refractivity contribution in [1.29, 1.82) is 0 Å². The molecule has 2 nitrogen and oxygen atoms in total. The zero-order valence-corrected chi connectivity index (χ0v) is 7.98. The molecule has 0 aliphatic carbocycles. The number of ether oxygens (including phenoxy) is 1. The Bertz CT molecular complexity index is 93.0. The van der Waals surface area contributed by atoms with Crippen LogP contribution in [0.1, 0.15) is 0 Å². The first-order chi connectivity index (χ1) is 4.31. The third kappa shape index (κ3) is 6.51. The van der Waals surface area contributed by atoms with Crippen LogP contribution >= 0.6 is 31.9 Å². The second-order valence-corrected chi connectivity index (χ2v) is 2.81. The lowest BCUT2D eigenvalue weighted by Gasteiger charge is -1.97. The molecule has 0 atom stereocenters. The van der Waals surface area contributed by atoms with Crippen LogP contribution in [-0.2, 0) is 4.74 Å². The Morgan fingerprint density at radius 2 is 2.33 bits per heavy atom. The normalized spacial score (nSPS) is 12.1. The van der Waals surface area contributed by atoms with Gasteiger partial charge in [0.1, 0.15) is 0 Å². The summed E-state index contributed by atoms with van der Waals surface area (Å²) in [6.07, 6.45) is 0. The SMILES string of the molecule is OCCOCC(Br)=CBr. The van der Waals surface area contributed by atoms with Crippen molar-refractivity contribution in [2.45, 2.75) is 0 Å². The van der Waals surface area contributed by atoms with E-state index in [4.69, 9.17) is 9.84 Å². The van der Waals surface area contributed by atoms with Crippen molar-refractivity contribution in [3.05, 3.63) is 9.47 Å². The molecule has 4 heteroatoms. The van der Waals surface area contributed by atoms with E-state index in [-0.39, 0.29) is 6.61 Å². The average molecular weight is 260 g/mol. The molecule has 9 heavy (non-hydrogen) atoms. The summed E-state index contributed by atoms with van der Waals surface area (Å²) in [6.45, 7) is 0.963. The molecule has 0 aromatic carbocycles. The summed E-state index contributed by atoms with van der Waals surface area (Å²) in [5.74, 6) is 0. The topological polar surface area (TPSA) is 29.5 Å². The van der Waals surface area contributed by atoms with E-state index < -0.39 is 0 Å². The summed E-state index contributed by atoms with van der Waals surface area (Å²) in [4.78, 5) is 1.73. The van der Waals surface area contributed by atoms with Gasteiger partial charge in [-0.1, -0.05) is 31.9 Å². The fraction of sp³-hybridized carbons (Fsp3) is 0.600. The molecule has 0 aromatic heterocycles. The number of rotatable bonds is 4. The van der Waals surface area contributed by atoms with Gasteiger partial charge in [-0.05, 0) is 4.99 Å². The maximum atomic E-state index is 8.28. The highest BCUT2D eigenvalue weighted by molar-refractivity contribution is 9.14. The molecule has 0 heterocycles. The molecule has 54 valence electrons. The zero-order valence-electron chi connectivity index (χ0n) is 4.81. The van der Waals surface area contributed by atoms with Gasteiger partial charge in [0.15, 0.2) is 0 Å². The van der Waals surface area contributed by atoms with Crippen LogP contribution in [0, 0.1) is 0 Å². The Kier molecular flexibility index (Phi) is 7.20. The van der Waals surface area contributed by atoms with Gasteiger partial charge in [0.05, 0.1) is 19.8 Å². The molecule has 1 N–H and O–H groups in total. The first-order valence-corrected chi connectivity index (χ1v) is 4.15. The second kappa shape index (κ2) is 6.74. The minimum atomic E-state index is 0.0720. The average Bonchev–Trinajstić information content (AvgIpc) is 1.89. The fourth-order valence-electron chi connectivity index (χ4n) is 0.266. The fourth-order valence-corrected chi connectivity index (χ4v) is 0.560. The second-order valence-electron chi connectivity index (χ2n) is 1.33. The molecule has 0 unspecified atom stereocenters. The summed E-state index contributed by atoms with van der Waals surface area (Å²) in [5.41, 5.74) is 0. The van der Waals surface area contributed by atoms with Gasteiger partial charge in [0.25, 0.3) is 0 Å². The Morgan fingerprint density at radius 1 is 1.67 bits per heavy atom. The van der Waals surface area contributed by atoms with E-state index in [1.807, 2.05) is 0 Å². The van der Waals surface area contributed by atoms with E-state index in [9.17, 15) is 0 Å². The van der Waals surface area contributed by atoms with Gasteiger partial charge < -0.3 is 9.84 Å². The van der Waals surface area contributed by atoms with Crippen molar-refractivity contribution in [1.82, 2.24) is 0 Å². The first-order valence-electron chi connectivity index (χ1n) is 2.44. The Balaban J connectivity index is 3.07. The van der Waals surface area contributed by atoms with Gasteiger partial charge in [-0.25, -0.2) is 0 Å². The van der Waals surface area contributed by atoms with Gasteiger partial charge in [0, 0.05) is 4.48 Å². The van der Waals surface area contributed by atoms with E-state index in [0.717, 1.165) is 4.48 Å². The lowest BCUT2D eigenvalue weighted by atomic mass is 10.7. The molecule has 0 rings (SSSR count). The molecule has 0 radical (unpaired) electrons. The predicted molar refractivity (Wildman–Crippen MR) is 43.8 cm³/mol. The molecule has 0 saturated heterocycles. The minimum Gasteiger partial charge on any atom is -0.394 e. The molecular weight excluding hydrogens is 252 g/mol. The molecule has 0 saturated carbocycles. The third-order valence-electron chi connectivity index (χ3n) is 0.594. The molecule has 0 fully saturated rings. The van der Waals surface area contributed by atoms with Gasteiger partial charge in [-0.3, -0.25) is 0 Å². The number of halogens is 2. The quantitative estimate of drug-likeness (QED) is 0.778.